The molecule has 92 valence electrons. The smallest absolute Gasteiger partial charge is 0.338 e. The second-order valence-electron chi connectivity index (χ2n) is 3.19. The Kier molecular flexibility index (Phi) is 4.06. The number of benzene rings is 1. The van der Waals surface area contributed by atoms with E-state index in [2.05, 4.69) is 4.74 Å². The highest BCUT2D eigenvalue weighted by atomic mass is 16.5. The number of Topliss-reactive ketones (excluding diaryl/α,β-unsaturated/α-hetero) is 1. The molecule has 1 rings (SSSR count). The predicted octanol–water partition coefficient (Wildman–Crippen LogP) is 0.329. The van der Waals surface area contributed by atoms with Crippen molar-refractivity contribution >= 4 is 11.8 Å². The van der Waals surface area contributed by atoms with Gasteiger partial charge in [0.25, 0.3) is 0 Å². The highest BCUT2D eigenvalue weighted by Crippen LogP contribution is 2.31. The van der Waals surface area contributed by atoms with Gasteiger partial charge in [-0.2, -0.15) is 0 Å². The van der Waals surface area contributed by atoms with E-state index in [-0.39, 0.29) is 29.2 Å². The number of esters is 1. The first-order chi connectivity index (χ1) is 8.04. The van der Waals surface area contributed by atoms with Crippen LogP contribution in [0.5, 0.6) is 11.5 Å². The molecule has 0 aromatic heterocycles. The summed E-state index contributed by atoms with van der Waals surface area (Å²) in [5, 5.41) is 9.72. The van der Waals surface area contributed by atoms with E-state index in [9.17, 15) is 14.7 Å². The monoisotopic (exact) mass is 239 g/mol. The van der Waals surface area contributed by atoms with Crippen LogP contribution in [0, 0.1) is 0 Å². The van der Waals surface area contributed by atoms with E-state index in [1.54, 1.807) is 0 Å². The number of methoxy groups -OCH3 is 2. The number of hydrogen-bond donors (Lipinski definition) is 2. The molecule has 1 aromatic rings. The van der Waals surface area contributed by atoms with E-state index >= 15 is 0 Å². The Labute approximate surface area is 97.9 Å². The van der Waals surface area contributed by atoms with Gasteiger partial charge in [0.1, 0.15) is 0 Å². The summed E-state index contributed by atoms with van der Waals surface area (Å²) in [7, 11) is 2.53. The van der Waals surface area contributed by atoms with Gasteiger partial charge in [-0.05, 0) is 12.1 Å². The van der Waals surface area contributed by atoms with Gasteiger partial charge < -0.3 is 20.3 Å². The van der Waals surface area contributed by atoms with Crippen molar-refractivity contribution in [2.45, 2.75) is 0 Å². The van der Waals surface area contributed by atoms with Crippen LogP contribution in [0.25, 0.3) is 0 Å². The highest BCUT2D eigenvalue weighted by Gasteiger charge is 2.19. The van der Waals surface area contributed by atoms with Crippen LogP contribution in [0.3, 0.4) is 0 Å². The normalized spacial score (nSPS) is 9.82. The molecule has 0 fully saturated rings. The third kappa shape index (κ3) is 2.54. The van der Waals surface area contributed by atoms with Gasteiger partial charge in [0.05, 0.1) is 31.9 Å². The second kappa shape index (κ2) is 5.31. The molecule has 0 amide bonds. The van der Waals surface area contributed by atoms with E-state index < -0.39 is 11.8 Å². The molecule has 0 atom stereocenters. The lowest BCUT2D eigenvalue weighted by Crippen LogP contribution is -2.15. The third-order valence-corrected chi connectivity index (χ3v) is 2.20. The number of phenolic OH excluding ortho intramolecular Hbond substituents is 1. The summed E-state index contributed by atoms with van der Waals surface area (Å²) >= 11 is 0. The number of rotatable bonds is 4. The van der Waals surface area contributed by atoms with Crippen molar-refractivity contribution in [3.05, 3.63) is 23.3 Å². The first-order valence-corrected chi connectivity index (χ1v) is 4.77. The molecular weight excluding hydrogens is 226 g/mol. The fraction of sp³-hybridized carbons (Fsp3) is 0.273. The predicted molar refractivity (Wildman–Crippen MR) is 59.4 cm³/mol. The van der Waals surface area contributed by atoms with E-state index in [0.29, 0.717) is 0 Å². The highest BCUT2D eigenvalue weighted by molar-refractivity contribution is 6.03. The molecule has 6 nitrogen and oxygen atoms in total. The van der Waals surface area contributed by atoms with Crippen LogP contribution in [-0.2, 0) is 4.74 Å². The summed E-state index contributed by atoms with van der Waals surface area (Å²) in [6.07, 6.45) is 0. The molecule has 3 N–H and O–H groups in total. The Hall–Kier alpha value is -2.08. The first-order valence-electron chi connectivity index (χ1n) is 4.77. The maximum atomic E-state index is 11.5. The minimum absolute atomic E-state index is 0.0182. The van der Waals surface area contributed by atoms with Crippen LogP contribution in [-0.4, -0.2) is 37.6 Å². The summed E-state index contributed by atoms with van der Waals surface area (Å²) in [5.41, 5.74) is 5.25. The zero-order valence-electron chi connectivity index (χ0n) is 9.52. The van der Waals surface area contributed by atoms with Crippen LogP contribution < -0.4 is 10.5 Å². The number of phenols is 1. The van der Waals surface area contributed by atoms with Crippen LogP contribution in [0.1, 0.15) is 20.7 Å². The molecule has 0 spiro atoms. The Morgan fingerprint density at radius 1 is 1.35 bits per heavy atom. The molecule has 1 aromatic carbocycles. The van der Waals surface area contributed by atoms with Crippen molar-refractivity contribution in [3.63, 3.8) is 0 Å². The molecule has 0 unspecified atom stereocenters. The summed E-state index contributed by atoms with van der Waals surface area (Å²) in [6.45, 7) is -0.276. The summed E-state index contributed by atoms with van der Waals surface area (Å²) < 4.78 is 9.39. The number of carbonyl (C=O) groups is 2. The largest absolute Gasteiger partial charge is 0.504 e. The average molecular weight is 239 g/mol. The molecule has 0 aliphatic carbocycles. The Balaban J connectivity index is 3.38. The van der Waals surface area contributed by atoms with Crippen molar-refractivity contribution in [1.82, 2.24) is 0 Å². The molecule has 0 heterocycles. The third-order valence-electron chi connectivity index (χ3n) is 2.20. The molecule has 0 radical (unpaired) electrons. The number of ketones is 1. The Morgan fingerprint density at radius 3 is 2.47 bits per heavy atom. The Morgan fingerprint density at radius 2 is 2.00 bits per heavy atom. The van der Waals surface area contributed by atoms with Crippen LogP contribution in [0.15, 0.2) is 12.1 Å². The molecule has 0 bridgehead atoms. The van der Waals surface area contributed by atoms with E-state index in [0.717, 1.165) is 0 Å². The average Bonchev–Trinajstić information content (AvgIpc) is 2.37. The first kappa shape index (κ1) is 13.0. The molecule has 0 saturated carbocycles. The van der Waals surface area contributed by atoms with Gasteiger partial charge in [-0.25, -0.2) is 4.79 Å². The van der Waals surface area contributed by atoms with Gasteiger partial charge in [-0.1, -0.05) is 0 Å². The topological polar surface area (TPSA) is 98.9 Å². The maximum absolute atomic E-state index is 11.5. The lowest BCUT2D eigenvalue weighted by Gasteiger charge is -2.10. The lowest BCUT2D eigenvalue weighted by molar-refractivity contribution is 0.0600. The van der Waals surface area contributed by atoms with Gasteiger partial charge in [-0.15, -0.1) is 0 Å². The minimum Gasteiger partial charge on any atom is -0.504 e. The fourth-order valence-electron chi connectivity index (χ4n) is 1.32. The number of hydrogen-bond acceptors (Lipinski definition) is 6. The van der Waals surface area contributed by atoms with Crippen LogP contribution in [0.4, 0.5) is 0 Å². The number of nitrogens with two attached hydrogens (primary N) is 1. The number of carbonyl (C=O) groups excluding carboxylic acids is 2. The molecule has 6 heteroatoms. The van der Waals surface area contributed by atoms with Crippen molar-refractivity contribution < 1.29 is 24.2 Å². The summed E-state index contributed by atoms with van der Waals surface area (Å²) in [4.78, 5) is 22.8. The fourth-order valence-corrected chi connectivity index (χ4v) is 1.32. The second-order valence-corrected chi connectivity index (χ2v) is 3.19. The lowest BCUT2D eigenvalue weighted by atomic mass is 10.0. The van der Waals surface area contributed by atoms with E-state index in [1.165, 1.54) is 26.4 Å². The van der Waals surface area contributed by atoms with Crippen LogP contribution >= 0.6 is 0 Å². The van der Waals surface area contributed by atoms with E-state index in [1.807, 2.05) is 0 Å². The molecule has 0 aliphatic rings. The van der Waals surface area contributed by atoms with Gasteiger partial charge in [0, 0.05) is 0 Å². The molecule has 0 aliphatic heterocycles. The van der Waals surface area contributed by atoms with Gasteiger partial charge in [0.2, 0.25) is 0 Å². The van der Waals surface area contributed by atoms with Crippen LogP contribution in [0.2, 0.25) is 0 Å². The molecule has 0 saturated heterocycles. The van der Waals surface area contributed by atoms with Crippen molar-refractivity contribution in [3.8, 4) is 11.5 Å². The molecule has 17 heavy (non-hydrogen) atoms. The summed E-state index contributed by atoms with van der Waals surface area (Å²) in [5.74, 6) is -1.44. The van der Waals surface area contributed by atoms with Gasteiger partial charge in [-0.3, -0.25) is 4.79 Å². The minimum atomic E-state index is -0.630. The van der Waals surface area contributed by atoms with Crippen molar-refractivity contribution in [2.75, 3.05) is 20.8 Å². The van der Waals surface area contributed by atoms with Gasteiger partial charge >= 0.3 is 5.97 Å². The van der Waals surface area contributed by atoms with Crippen molar-refractivity contribution in [2.24, 2.45) is 5.73 Å². The summed E-state index contributed by atoms with van der Waals surface area (Å²) in [6, 6.07) is 2.51. The number of aromatic hydroxyl groups is 1. The Bertz CT molecular complexity index is 455. The number of ether oxygens (including phenoxy) is 2. The zero-order valence-corrected chi connectivity index (χ0v) is 9.52. The quantitative estimate of drug-likeness (QED) is 0.580. The standard InChI is InChI=1S/C11H13NO5/c1-16-9-4-6(11(15)17-2)3-7(10(9)14)8(13)5-12/h3-4,14H,5,12H2,1-2H3. The maximum Gasteiger partial charge on any atom is 0.338 e. The zero-order chi connectivity index (χ0) is 13.0. The SMILES string of the molecule is COC(=O)c1cc(OC)c(O)c(C(=O)CN)c1. The van der Waals surface area contributed by atoms with Gasteiger partial charge in [0.15, 0.2) is 17.3 Å². The van der Waals surface area contributed by atoms with E-state index in [4.69, 9.17) is 10.5 Å². The van der Waals surface area contributed by atoms with Crippen molar-refractivity contribution in [1.29, 1.82) is 0 Å². The molecular formula is C11H13NO5.